The van der Waals surface area contributed by atoms with Crippen LogP contribution < -0.4 is 4.74 Å². The highest BCUT2D eigenvalue weighted by atomic mass is 16.5. The zero-order valence-electron chi connectivity index (χ0n) is 15.3. The van der Waals surface area contributed by atoms with Gasteiger partial charge in [-0.05, 0) is 52.6 Å². The summed E-state index contributed by atoms with van der Waals surface area (Å²) < 4.78 is 5.55. The maximum absolute atomic E-state index is 9.55. The monoisotopic (exact) mass is 333 g/mol. The van der Waals surface area contributed by atoms with Gasteiger partial charge in [-0.15, -0.1) is 0 Å². The molecule has 3 rings (SSSR count). The van der Waals surface area contributed by atoms with Gasteiger partial charge >= 0.3 is 0 Å². The van der Waals surface area contributed by atoms with E-state index in [0.717, 1.165) is 55.2 Å². The van der Waals surface area contributed by atoms with Crippen molar-refractivity contribution in [3.63, 3.8) is 0 Å². The van der Waals surface area contributed by atoms with Crippen molar-refractivity contribution >= 4 is 0 Å². The van der Waals surface area contributed by atoms with Crippen LogP contribution in [0.1, 0.15) is 42.5 Å². The number of aliphatic hydroxyl groups excluding tert-OH is 1. The van der Waals surface area contributed by atoms with Gasteiger partial charge in [-0.25, -0.2) is 0 Å². The number of aliphatic hydroxyl groups is 1. The summed E-state index contributed by atoms with van der Waals surface area (Å²) in [5.41, 5.74) is 3.39. The molecule has 1 aromatic rings. The fraction of sp³-hybridized carbons (Fsp3) is 0.737. The van der Waals surface area contributed by atoms with Gasteiger partial charge in [0.25, 0.3) is 0 Å². The van der Waals surface area contributed by atoms with E-state index in [0.29, 0.717) is 18.7 Å². The second kappa shape index (κ2) is 7.81. The van der Waals surface area contributed by atoms with E-state index in [2.05, 4.69) is 21.7 Å². The van der Waals surface area contributed by atoms with Crippen molar-refractivity contribution in [1.29, 1.82) is 0 Å². The summed E-state index contributed by atoms with van der Waals surface area (Å²) >= 11 is 0. The van der Waals surface area contributed by atoms with Crippen molar-refractivity contribution in [3.8, 4) is 5.75 Å². The Kier molecular flexibility index (Phi) is 5.74. The second-order valence-corrected chi connectivity index (χ2v) is 7.29. The van der Waals surface area contributed by atoms with E-state index >= 15 is 0 Å². The Morgan fingerprint density at radius 1 is 1.17 bits per heavy atom. The molecule has 1 N–H and O–H groups in total. The largest absolute Gasteiger partial charge is 0.496 e. The molecule has 0 amide bonds. The van der Waals surface area contributed by atoms with E-state index < -0.39 is 0 Å². The normalized spacial score (nSPS) is 25.5. The molecule has 0 spiro atoms. The molecule has 0 aromatic carbocycles. The number of nitrogens with zero attached hydrogens (tertiary/aromatic N) is 3. The first-order chi connectivity index (χ1) is 11.6. The lowest BCUT2D eigenvalue weighted by atomic mass is 10.1. The van der Waals surface area contributed by atoms with Crippen LogP contribution in [-0.4, -0.2) is 65.3 Å². The lowest BCUT2D eigenvalue weighted by molar-refractivity contribution is 0.119. The van der Waals surface area contributed by atoms with Crippen LogP contribution in [0.4, 0.5) is 0 Å². The smallest absolute Gasteiger partial charge is 0.128 e. The van der Waals surface area contributed by atoms with Gasteiger partial charge in [-0.1, -0.05) is 0 Å². The lowest BCUT2D eigenvalue weighted by Crippen LogP contribution is -2.43. The average molecular weight is 333 g/mol. The van der Waals surface area contributed by atoms with Gasteiger partial charge < -0.3 is 9.84 Å². The number of ether oxygens (including phenoxy) is 1. The molecular weight excluding hydrogens is 302 g/mol. The molecule has 2 aliphatic heterocycles. The summed E-state index contributed by atoms with van der Waals surface area (Å²) in [7, 11) is 1.74. The Morgan fingerprint density at radius 2 is 1.88 bits per heavy atom. The highest BCUT2D eigenvalue weighted by molar-refractivity contribution is 5.41. The van der Waals surface area contributed by atoms with Crippen molar-refractivity contribution in [3.05, 3.63) is 23.0 Å². The third-order valence-corrected chi connectivity index (χ3v) is 5.76. The van der Waals surface area contributed by atoms with Gasteiger partial charge in [-0.2, -0.15) is 0 Å². The maximum atomic E-state index is 9.55. The summed E-state index contributed by atoms with van der Waals surface area (Å²) in [4.78, 5) is 9.72. The molecule has 2 unspecified atom stereocenters. The molecule has 2 saturated heterocycles. The second-order valence-electron chi connectivity index (χ2n) is 7.29. The molecule has 0 bridgehead atoms. The van der Waals surface area contributed by atoms with E-state index in [1.54, 1.807) is 7.11 Å². The van der Waals surface area contributed by atoms with Crippen LogP contribution in [0.15, 0.2) is 6.20 Å². The maximum Gasteiger partial charge on any atom is 0.128 e. The minimum Gasteiger partial charge on any atom is -0.496 e. The Labute approximate surface area is 145 Å². The molecule has 2 fully saturated rings. The minimum atomic E-state index is 0.294. The first kappa shape index (κ1) is 17.6. The first-order valence-electron chi connectivity index (χ1n) is 9.22. The Balaban J connectivity index is 1.68. The van der Waals surface area contributed by atoms with Crippen LogP contribution in [0, 0.1) is 13.8 Å². The van der Waals surface area contributed by atoms with Crippen LogP contribution in [0.3, 0.4) is 0 Å². The van der Waals surface area contributed by atoms with Crippen molar-refractivity contribution < 1.29 is 9.84 Å². The summed E-state index contributed by atoms with van der Waals surface area (Å²) in [6, 6.07) is 0.942. The molecular formula is C19H31N3O2. The summed E-state index contributed by atoms with van der Waals surface area (Å²) in [5.74, 6) is 0.968. The molecule has 0 saturated carbocycles. The quantitative estimate of drug-likeness (QED) is 0.864. The van der Waals surface area contributed by atoms with Crippen LogP contribution in [0.2, 0.25) is 0 Å². The van der Waals surface area contributed by atoms with Gasteiger partial charge in [-0.3, -0.25) is 14.8 Å². The first-order valence-corrected chi connectivity index (χ1v) is 9.22. The molecule has 5 heteroatoms. The van der Waals surface area contributed by atoms with E-state index in [9.17, 15) is 5.11 Å². The summed E-state index contributed by atoms with van der Waals surface area (Å²) in [6.07, 6.45) is 6.78. The number of pyridine rings is 1. The topological polar surface area (TPSA) is 48.8 Å². The molecule has 0 aliphatic carbocycles. The summed E-state index contributed by atoms with van der Waals surface area (Å²) in [6.45, 7) is 8.69. The van der Waals surface area contributed by atoms with Crippen LogP contribution in [-0.2, 0) is 6.54 Å². The third-order valence-electron chi connectivity index (χ3n) is 5.76. The van der Waals surface area contributed by atoms with Crippen molar-refractivity contribution in [2.75, 3.05) is 33.4 Å². The molecule has 3 heterocycles. The number of aromatic nitrogens is 1. The molecule has 134 valence electrons. The Bertz CT molecular complexity index is 564. The van der Waals surface area contributed by atoms with Crippen molar-refractivity contribution in [2.24, 2.45) is 0 Å². The molecule has 0 radical (unpaired) electrons. The third kappa shape index (κ3) is 3.58. The molecule has 5 nitrogen and oxygen atoms in total. The zero-order valence-corrected chi connectivity index (χ0v) is 15.3. The standard InChI is InChI=1S/C19H31N3O2/c1-14-10-20-18(15(2)19(14)24-3)12-22-9-4-6-16(22)11-21-8-5-7-17(21)13-23/h10,16-17,23H,4-9,11-13H2,1-3H3. The number of hydrogen-bond acceptors (Lipinski definition) is 5. The lowest BCUT2D eigenvalue weighted by Gasteiger charge is -2.31. The minimum absolute atomic E-state index is 0.294. The molecule has 2 aliphatic rings. The van der Waals surface area contributed by atoms with Crippen LogP contribution >= 0.6 is 0 Å². The number of methoxy groups -OCH3 is 1. The number of aryl methyl sites for hydroxylation is 1. The fourth-order valence-electron chi connectivity index (χ4n) is 4.35. The van der Waals surface area contributed by atoms with Gasteiger partial charge in [0.05, 0.1) is 19.4 Å². The summed E-state index contributed by atoms with van der Waals surface area (Å²) in [5, 5.41) is 9.55. The number of rotatable bonds is 6. The Hall–Kier alpha value is -1.17. The van der Waals surface area contributed by atoms with Gasteiger partial charge in [0, 0.05) is 42.5 Å². The highest BCUT2D eigenvalue weighted by Crippen LogP contribution is 2.28. The zero-order chi connectivity index (χ0) is 17.1. The van der Waals surface area contributed by atoms with Crippen molar-refractivity contribution in [1.82, 2.24) is 14.8 Å². The highest BCUT2D eigenvalue weighted by Gasteiger charge is 2.31. The predicted octanol–water partition coefficient (Wildman–Crippen LogP) is 2.13. The van der Waals surface area contributed by atoms with E-state index in [-0.39, 0.29) is 0 Å². The predicted molar refractivity (Wildman–Crippen MR) is 95.4 cm³/mol. The van der Waals surface area contributed by atoms with Crippen LogP contribution in [0.5, 0.6) is 5.75 Å². The van der Waals surface area contributed by atoms with Gasteiger partial charge in [0.1, 0.15) is 5.75 Å². The van der Waals surface area contributed by atoms with Gasteiger partial charge in [0.2, 0.25) is 0 Å². The fourth-order valence-corrected chi connectivity index (χ4v) is 4.35. The molecule has 24 heavy (non-hydrogen) atoms. The van der Waals surface area contributed by atoms with E-state index in [1.807, 2.05) is 13.1 Å². The SMILES string of the molecule is COc1c(C)cnc(CN2CCCC2CN2CCCC2CO)c1C. The van der Waals surface area contributed by atoms with E-state index in [1.165, 1.54) is 19.3 Å². The Morgan fingerprint density at radius 3 is 2.58 bits per heavy atom. The number of likely N-dealkylation sites (tertiary alicyclic amines) is 2. The number of hydrogen-bond donors (Lipinski definition) is 1. The van der Waals surface area contributed by atoms with Crippen molar-refractivity contribution in [2.45, 2.75) is 58.2 Å². The van der Waals surface area contributed by atoms with Gasteiger partial charge in [0.15, 0.2) is 0 Å². The van der Waals surface area contributed by atoms with E-state index in [4.69, 9.17) is 4.74 Å². The molecule has 2 atom stereocenters. The molecule has 1 aromatic heterocycles. The average Bonchev–Trinajstić information content (AvgIpc) is 3.20. The van der Waals surface area contributed by atoms with Crippen LogP contribution in [0.25, 0.3) is 0 Å².